The number of fused-ring (bicyclic) bond motifs is 3. The van der Waals surface area contributed by atoms with E-state index in [-0.39, 0.29) is 29.3 Å². The van der Waals surface area contributed by atoms with Crippen molar-refractivity contribution in [2.75, 3.05) is 33.1 Å². The zero-order chi connectivity index (χ0) is 28.4. The molecule has 11 heteroatoms. The highest BCUT2D eigenvalue weighted by Crippen LogP contribution is 2.54. The number of Topliss-reactive ketones (excluding diaryl/α,β-unsaturated/α-hetero) is 1. The van der Waals surface area contributed by atoms with Gasteiger partial charge in [0, 0.05) is 43.5 Å². The number of phenols is 1. The first kappa shape index (κ1) is 27.9. The third-order valence-electron chi connectivity index (χ3n) is 8.08. The van der Waals surface area contributed by atoms with Gasteiger partial charge in [-0.2, -0.15) is 0 Å². The number of primary amides is 1. The number of nitrogens with zero attached hydrogens (tertiary/aromatic N) is 2. The number of rotatable bonds is 6. The Balaban J connectivity index is 1.93. The van der Waals surface area contributed by atoms with Gasteiger partial charge in [-0.3, -0.25) is 14.5 Å². The molecule has 3 unspecified atom stereocenters. The summed E-state index contributed by atoms with van der Waals surface area (Å²) in [5.41, 5.74) is 6.69. The van der Waals surface area contributed by atoms with E-state index in [1.807, 2.05) is 38.9 Å². The molecule has 3 aliphatic carbocycles. The number of amides is 1. The van der Waals surface area contributed by atoms with Crippen LogP contribution < -0.4 is 16.0 Å². The monoisotopic (exact) mass is 530 g/mol. The molecule has 1 aromatic rings. The van der Waals surface area contributed by atoms with Crippen molar-refractivity contribution in [3.63, 3.8) is 0 Å². The van der Waals surface area contributed by atoms with Gasteiger partial charge in [-0.05, 0) is 50.4 Å². The predicted octanol–water partition coefficient (Wildman–Crippen LogP) is 0.525. The number of anilines is 1. The number of carbonyl (C=O) groups is 2. The van der Waals surface area contributed by atoms with Gasteiger partial charge in [0.1, 0.15) is 22.8 Å². The van der Waals surface area contributed by atoms with E-state index in [0.29, 0.717) is 24.1 Å². The van der Waals surface area contributed by atoms with Crippen LogP contribution in [-0.2, 0) is 22.6 Å². The molecular formula is C27H38N4O7. The minimum absolute atomic E-state index is 0.0251. The first-order valence-electron chi connectivity index (χ1n) is 12.7. The highest BCUT2D eigenvalue weighted by molar-refractivity contribution is 6.08. The largest absolute Gasteiger partial charge is 0.510 e. The predicted molar refractivity (Wildman–Crippen MR) is 141 cm³/mol. The number of benzene rings is 1. The molecule has 1 saturated carbocycles. The number of likely N-dealkylation sites (N-methyl/N-ethyl adjacent to an activating group) is 1. The number of ketones is 1. The van der Waals surface area contributed by atoms with E-state index in [4.69, 9.17) is 5.73 Å². The minimum Gasteiger partial charge on any atom is -0.510 e. The molecule has 0 aliphatic heterocycles. The van der Waals surface area contributed by atoms with Crippen LogP contribution in [0.1, 0.15) is 37.0 Å². The molecule has 1 fully saturated rings. The molecule has 0 aromatic heterocycles. The maximum atomic E-state index is 14.0. The number of hydrogen-bond donors (Lipinski definition) is 7. The van der Waals surface area contributed by atoms with Crippen LogP contribution in [0.2, 0.25) is 0 Å². The van der Waals surface area contributed by atoms with Crippen LogP contribution in [0.25, 0.3) is 5.76 Å². The normalized spacial score (nSPS) is 26.4. The number of aliphatic hydroxyl groups is 4. The van der Waals surface area contributed by atoms with E-state index < -0.39 is 58.4 Å². The molecule has 4 rings (SSSR count). The van der Waals surface area contributed by atoms with Crippen molar-refractivity contribution in [2.45, 2.75) is 51.1 Å². The Kier molecular flexibility index (Phi) is 7.02. The van der Waals surface area contributed by atoms with Crippen molar-refractivity contribution in [1.82, 2.24) is 10.2 Å². The topological polar surface area (TPSA) is 180 Å². The SMILES string of the molecule is CC(C)NCc1cc(N(C)C)c2c(c1O)C(O)=C1C(=O)C3C(CC1C2)[C@@H](N(C)C)C(O)=C(C(N)=O)C3(O)O. The van der Waals surface area contributed by atoms with Gasteiger partial charge in [-0.1, -0.05) is 13.8 Å². The summed E-state index contributed by atoms with van der Waals surface area (Å²) in [6, 6.07) is 1.12. The maximum Gasteiger partial charge on any atom is 0.253 e. The number of aromatic hydroxyl groups is 1. The molecular weight excluding hydrogens is 492 g/mol. The van der Waals surface area contributed by atoms with Crippen LogP contribution in [0.15, 0.2) is 23.0 Å². The Morgan fingerprint density at radius 2 is 1.82 bits per heavy atom. The lowest BCUT2D eigenvalue weighted by Gasteiger charge is -2.51. The van der Waals surface area contributed by atoms with Gasteiger partial charge in [0.05, 0.1) is 17.5 Å². The molecule has 4 atom stereocenters. The molecule has 0 bridgehead atoms. The second-order valence-electron chi connectivity index (χ2n) is 11.4. The molecule has 208 valence electrons. The van der Waals surface area contributed by atoms with Gasteiger partial charge in [0.15, 0.2) is 5.78 Å². The molecule has 11 nitrogen and oxygen atoms in total. The molecule has 0 saturated heterocycles. The second-order valence-corrected chi connectivity index (χ2v) is 11.4. The highest BCUT2D eigenvalue weighted by Gasteiger charge is 2.62. The van der Waals surface area contributed by atoms with Gasteiger partial charge in [0.2, 0.25) is 5.79 Å². The number of allylic oxidation sites excluding steroid dienone is 1. The summed E-state index contributed by atoms with van der Waals surface area (Å²) in [5, 5.41) is 59.1. The Morgan fingerprint density at radius 3 is 2.34 bits per heavy atom. The van der Waals surface area contributed by atoms with Crippen molar-refractivity contribution in [3.05, 3.63) is 39.7 Å². The van der Waals surface area contributed by atoms with Crippen molar-refractivity contribution in [1.29, 1.82) is 0 Å². The van der Waals surface area contributed by atoms with Crippen molar-refractivity contribution in [2.24, 2.45) is 23.5 Å². The zero-order valence-electron chi connectivity index (χ0n) is 22.6. The summed E-state index contributed by atoms with van der Waals surface area (Å²) < 4.78 is 0. The number of carbonyl (C=O) groups excluding carboxylic acids is 2. The third kappa shape index (κ3) is 4.14. The molecule has 1 amide bonds. The molecule has 0 heterocycles. The maximum absolute atomic E-state index is 14.0. The summed E-state index contributed by atoms with van der Waals surface area (Å²) in [5.74, 6) is -9.07. The van der Waals surface area contributed by atoms with E-state index in [1.54, 1.807) is 19.0 Å². The molecule has 0 radical (unpaired) electrons. The molecule has 1 aromatic carbocycles. The first-order valence-corrected chi connectivity index (χ1v) is 12.7. The molecule has 0 spiro atoms. The van der Waals surface area contributed by atoms with Gasteiger partial charge >= 0.3 is 0 Å². The van der Waals surface area contributed by atoms with Gasteiger partial charge in [0.25, 0.3) is 5.91 Å². The summed E-state index contributed by atoms with van der Waals surface area (Å²) in [4.78, 5) is 29.7. The molecule has 8 N–H and O–H groups in total. The van der Waals surface area contributed by atoms with Crippen LogP contribution in [0.4, 0.5) is 5.69 Å². The number of hydrogen-bond acceptors (Lipinski definition) is 10. The average molecular weight is 531 g/mol. The number of nitrogens with two attached hydrogens (primary N) is 1. The van der Waals surface area contributed by atoms with Crippen LogP contribution in [0.3, 0.4) is 0 Å². The van der Waals surface area contributed by atoms with Crippen molar-refractivity contribution in [3.8, 4) is 5.75 Å². The molecule has 3 aliphatic rings. The zero-order valence-corrected chi connectivity index (χ0v) is 22.6. The van der Waals surface area contributed by atoms with Crippen molar-refractivity contribution >= 4 is 23.1 Å². The van der Waals surface area contributed by atoms with E-state index in [9.17, 15) is 35.1 Å². The minimum atomic E-state index is -3.04. The summed E-state index contributed by atoms with van der Waals surface area (Å²) in [7, 11) is 7.01. The Labute approximate surface area is 221 Å². The fourth-order valence-corrected chi connectivity index (χ4v) is 6.51. The lowest BCUT2D eigenvalue weighted by atomic mass is 9.58. The lowest BCUT2D eigenvalue weighted by Crippen LogP contribution is -2.62. The highest BCUT2D eigenvalue weighted by atomic mass is 16.5. The summed E-state index contributed by atoms with van der Waals surface area (Å²) in [6.45, 7) is 4.27. The van der Waals surface area contributed by atoms with Crippen LogP contribution in [0, 0.1) is 17.8 Å². The van der Waals surface area contributed by atoms with Crippen LogP contribution in [-0.4, -0.2) is 88.2 Å². The fourth-order valence-electron chi connectivity index (χ4n) is 6.51. The van der Waals surface area contributed by atoms with E-state index in [0.717, 1.165) is 5.69 Å². The number of aliphatic hydroxyl groups excluding tert-OH is 2. The first-order chi connectivity index (χ1) is 17.6. The second kappa shape index (κ2) is 9.57. The van der Waals surface area contributed by atoms with Gasteiger partial charge < -0.3 is 41.5 Å². The van der Waals surface area contributed by atoms with Gasteiger partial charge in [-0.15, -0.1) is 0 Å². The number of phenolic OH excluding ortho intramolecular Hbond substituents is 1. The third-order valence-corrected chi connectivity index (χ3v) is 8.08. The van der Waals surface area contributed by atoms with Crippen molar-refractivity contribution < 1.29 is 35.1 Å². The Morgan fingerprint density at radius 1 is 1.18 bits per heavy atom. The van der Waals surface area contributed by atoms with E-state index in [1.165, 1.54) is 0 Å². The fraction of sp³-hybridized carbons (Fsp3) is 0.556. The lowest BCUT2D eigenvalue weighted by molar-refractivity contribution is -0.203. The van der Waals surface area contributed by atoms with Gasteiger partial charge in [-0.25, -0.2) is 0 Å². The van der Waals surface area contributed by atoms with Crippen LogP contribution >= 0.6 is 0 Å². The summed E-state index contributed by atoms with van der Waals surface area (Å²) in [6.07, 6.45) is 0.515. The average Bonchev–Trinajstić information content (AvgIpc) is 2.76. The summed E-state index contributed by atoms with van der Waals surface area (Å²) >= 11 is 0. The standard InChI is InChI=1S/C27H38N4O7/c1-11(2)29-10-13-9-16(30(3)4)14-7-12-8-15-19(24(34)17(12)23(33)18(14)22(13)32)27(37,38)20(26(28)36)25(35)21(15)31(5)6/h9,11-12,15,19,21,29,32-33,35,37-38H,7-8,10H2,1-6H3,(H2,28,36)/t12?,15?,19?,21-/m1/s1. The van der Waals surface area contributed by atoms with E-state index in [2.05, 4.69) is 5.32 Å². The van der Waals surface area contributed by atoms with E-state index >= 15 is 0 Å². The number of nitrogens with one attached hydrogen (secondary N) is 1. The smallest absolute Gasteiger partial charge is 0.253 e. The Bertz CT molecular complexity index is 1250. The molecule has 38 heavy (non-hydrogen) atoms. The Hall–Kier alpha value is -3.12. The quantitative estimate of drug-likeness (QED) is 0.256. The van der Waals surface area contributed by atoms with Crippen LogP contribution in [0.5, 0.6) is 5.75 Å².